The van der Waals surface area contributed by atoms with Crippen LogP contribution in [0.3, 0.4) is 0 Å². The van der Waals surface area contributed by atoms with Gasteiger partial charge in [0.25, 0.3) is 0 Å². The molecule has 83 valence electrons. The van der Waals surface area contributed by atoms with Gasteiger partial charge in [-0.05, 0) is 36.5 Å². The van der Waals surface area contributed by atoms with Crippen molar-refractivity contribution in [1.29, 1.82) is 0 Å². The lowest BCUT2D eigenvalue weighted by Crippen LogP contribution is -2.05. The van der Waals surface area contributed by atoms with Crippen molar-refractivity contribution in [1.82, 2.24) is 0 Å². The Bertz CT molecular complexity index is 235. The van der Waals surface area contributed by atoms with E-state index in [1.807, 2.05) is 0 Å². The van der Waals surface area contributed by atoms with Gasteiger partial charge in [-0.3, -0.25) is 0 Å². The monoisotopic (exact) mass is 221 g/mol. The van der Waals surface area contributed by atoms with E-state index in [-0.39, 0.29) is 7.92 Å². The van der Waals surface area contributed by atoms with Crippen LogP contribution in [0.15, 0.2) is 24.3 Å². The van der Waals surface area contributed by atoms with Crippen LogP contribution < -0.4 is 5.30 Å². The van der Waals surface area contributed by atoms with Gasteiger partial charge in [0.05, 0.1) is 0 Å². The van der Waals surface area contributed by atoms with E-state index in [9.17, 15) is 0 Å². The lowest BCUT2D eigenvalue weighted by Gasteiger charge is -2.17. The largest absolute Gasteiger partial charge is 0.0753 e. The Morgan fingerprint density at radius 3 is 2.00 bits per heavy atom. The molecule has 0 nitrogen and oxygen atoms in total. The number of hydrogen-bond donors (Lipinski definition) is 0. The van der Waals surface area contributed by atoms with Crippen molar-refractivity contribution in [3.63, 3.8) is 0 Å². The first-order valence-corrected chi connectivity index (χ1v) is 7.80. The Balaban J connectivity index is 2.55. The number of rotatable bonds is 7. The van der Waals surface area contributed by atoms with E-state index in [1.165, 1.54) is 38.0 Å². The summed E-state index contributed by atoms with van der Waals surface area (Å²) in [5.41, 5.74) is 0. The van der Waals surface area contributed by atoms with Crippen LogP contribution in [0.4, 0.5) is 0 Å². The highest BCUT2D eigenvalue weighted by Crippen LogP contribution is 2.36. The van der Waals surface area contributed by atoms with Crippen molar-refractivity contribution in [3.05, 3.63) is 30.3 Å². The smallest absolute Gasteiger partial charge is 0.0184 e. The van der Waals surface area contributed by atoms with Crippen LogP contribution in [0.25, 0.3) is 0 Å². The molecule has 0 saturated carbocycles. The SMILES string of the molecule is CCCCP(CCCC)c1cc[c]cc1. The van der Waals surface area contributed by atoms with E-state index in [4.69, 9.17) is 0 Å². The standard InChI is InChI=1S/C14H22P/c1-3-5-12-15(13-6-4-2)14-10-8-7-9-11-14/h8-11H,3-6,12-13H2,1-2H3. The van der Waals surface area contributed by atoms with Gasteiger partial charge in [-0.2, -0.15) is 0 Å². The van der Waals surface area contributed by atoms with Gasteiger partial charge >= 0.3 is 0 Å². The van der Waals surface area contributed by atoms with Crippen molar-refractivity contribution < 1.29 is 0 Å². The molecule has 1 rings (SSSR count). The molecule has 0 amide bonds. The Kier molecular flexibility index (Phi) is 6.68. The van der Waals surface area contributed by atoms with Gasteiger partial charge in [0.15, 0.2) is 0 Å². The van der Waals surface area contributed by atoms with Crippen molar-refractivity contribution >= 4 is 13.2 Å². The Morgan fingerprint density at radius 1 is 1.00 bits per heavy atom. The molecule has 0 aromatic heterocycles. The van der Waals surface area contributed by atoms with E-state index in [0.29, 0.717) is 0 Å². The van der Waals surface area contributed by atoms with E-state index in [1.54, 1.807) is 5.30 Å². The fourth-order valence-electron chi connectivity index (χ4n) is 1.66. The molecule has 1 aromatic rings. The van der Waals surface area contributed by atoms with Gasteiger partial charge in [0.1, 0.15) is 0 Å². The summed E-state index contributed by atoms with van der Waals surface area (Å²) in [6, 6.07) is 11.7. The van der Waals surface area contributed by atoms with Gasteiger partial charge in [0.2, 0.25) is 0 Å². The maximum Gasteiger partial charge on any atom is -0.0184 e. The second kappa shape index (κ2) is 7.88. The summed E-state index contributed by atoms with van der Waals surface area (Å²) in [5, 5.41) is 1.57. The van der Waals surface area contributed by atoms with Gasteiger partial charge in [-0.1, -0.05) is 58.9 Å². The average molecular weight is 221 g/mol. The molecular weight excluding hydrogens is 199 g/mol. The lowest BCUT2D eigenvalue weighted by molar-refractivity contribution is 0.871. The summed E-state index contributed by atoms with van der Waals surface area (Å²) in [4.78, 5) is 0. The molecule has 1 radical (unpaired) electrons. The summed E-state index contributed by atoms with van der Waals surface area (Å²) in [6.07, 6.45) is 8.24. The van der Waals surface area contributed by atoms with Crippen LogP contribution in [0.2, 0.25) is 0 Å². The van der Waals surface area contributed by atoms with E-state index in [0.717, 1.165) is 0 Å². The van der Waals surface area contributed by atoms with E-state index in [2.05, 4.69) is 44.2 Å². The van der Waals surface area contributed by atoms with Gasteiger partial charge in [-0.25, -0.2) is 0 Å². The van der Waals surface area contributed by atoms with Gasteiger partial charge in [0, 0.05) is 0 Å². The first kappa shape index (κ1) is 12.7. The molecule has 0 fully saturated rings. The molecule has 0 bridgehead atoms. The fourth-order valence-corrected chi connectivity index (χ4v) is 4.36. The average Bonchev–Trinajstić information content (AvgIpc) is 2.30. The maximum atomic E-state index is 3.11. The van der Waals surface area contributed by atoms with Crippen molar-refractivity contribution in [2.24, 2.45) is 0 Å². The molecule has 0 aliphatic rings. The molecule has 0 unspecified atom stereocenters. The number of hydrogen-bond acceptors (Lipinski definition) is 0. The lowest BCUT2D eigenvalue weighted by atomic mass is 10.4. The number of unbranched alkanes of at least 4 members (excludes halogenated alkanes) is 2. The molecule has 0 spiro atoms. The second-order valence-corrected chi connectivity index (χ2v) is 6.44. The summed E-state index contributed by atoms with van der Waals surface area (Å²) in [7, 11) is 0.112. The Labute approximate surface area is 95.9 Å². The molecule has 0 atom stereocenters. The Hall–Kier alpha value is -0.350. The van der Waals surface area contributed by atoms with Crippen LogP contribution in [0.1, 0.15) is 39.5 Å². The third-order valence-corrected chi connectivity index (χ3v) is 5.37. The third kappa shape index (κ3) is 4.80. The van der Waals surface area contributed by atoms with E-state index < -0.39 is 0 Å². The van der Waals surface area contributed by atoms with Crippen molar-refractivity contribution in [2.45, 2.75) is 39.5 Å². The quantitative estimate of drug-likeness (QED) is 0.605. The minimum absolute atomic E-state index is 0.112. The fraction of sp³-hybridized carbons (Fsp3) is 0.571. The zero-order chi connectivity index (χ0) is 10.9. The summed E-state index contributed by atoms with van der Waals surface area (Å²) < 4.78 is 0. The predicted molar refractivity (Wildman–Crippen MR) is 71.4 cm³/mol. The highest BCUT2D eigenvalue weighted by Gasteiger charge is 2.08. The number of benzene rings is 1. The molecule has 15 heavy (non-hydrogen) atoms. The van der Waals surface area contributed by atoms with Crippen molar-refractivity contribution in [2.75, 3.05) is 12.3 Å². The summed E-state index contributed by atoms with van der Waals surface area (Å²) >= 11 is 0. The molecule has 0 heterocycles. The maximum absolute atomic E-state index is 3.11. The zero-order valence-corrected chi connectivity index (χ0v) is 10.9. The molecule has 0 aliphatic heterocycles. The van der Waals surface area contributed by atoms with Crippen LogP contribution >= 0.6 is 7.92 Å². The second-order valence-electron chi connectivity index (χ2n) is 3.95. The predicted octanol–water partition coefficient (Wildman–Crippen LogP) is 4.19. The van der Waals surface area contributed by atoms with Crippen LogP contribution in [0, 0.1) is 6.07 Å². The van der Waals surface area contributed by atoms with E-state index >= 15 is 0 Å². The molecule has 0 N–H and O–H groups in total. The minimum atomic E-state index is 0.112. The zero-order valence-electron chi connectivity index (χ0n) is 10.00. The minimum Gasteiger partial charge on any atom is -0.0753 e. The van der Waals surface area contributed by atoms with Crippen LogP contribution in [0.5, 0.6) is 0 Å². The highest BCUT2D eigenvalue weighted by atomic mass is 31.1. The molecule has 0 saturated heterocycles. The summed E-state index contributed by atoms with van der Waals surface area (Å²) in [5.74, 6) is 0. The van der Waals surface area contributed by atoms with Crippen molar-refractivity contribution in [3.8, 4) is 0 Å². The molecule has 0 aliphatic carbocycles. The highest BCUT2D eigenvalue weighted by molar-refractivity contribution is 7.65. The summed E-state index contributed by atoms with van der Waals surface area (Å²) in [6.45, 7) is 4.57. The first-order valence-electron chi connectivity index (χ1n) is 6.09. The molecule has 1 heteroatoms. The molecular formula is C14H22P. The molecule has 1 aromatic carbocycles. The van der Waals surface area contributed by atoms with Gasteiger partial charge < -0.3 is 0 Å². The van der Waals surface area contributed by atoms with Crippen LogP contribution in [-0.2, 0) is 0 Å². The van der Waals surface area contributed by atoms with Crippen LogP contribution in [-0.4, -0.2) is 12.3 Å². The third-order valence-electron chi connectivity index (χ3n) is 2.63. The topological polar surface area (TPSA) is 0 Å². The van der Waals surface area contributed by atoms with Gasteiger partial charge in [-0.15, -0.1) is 0 Å². The Morgan fingerprint density at radius 2 is 1.53 bits per heavy atom. The normalized spacial score (nSPS) is 10.9. The first-order chi connectivity index (χ1) is 7.38.